The van der Waals surface area contributed by atoms with Crippen LogP contribution in [0.3, 0.4) is 0 Å². The minimum atomic E-state index is -0.411. The van der Waals surface area contributed by atoms with E-state index in [4.69, 9.17) is 12.2 Å². The van der Waals surface area contributed by atoms with Crippen molar-refractivity contribution >= 4 is 5.96 Å². The van der Waals surface area contributed by atoms with Crippen molar-refractivity contribution < 1.29 is 0 Å². The molecule has 3 N–H and O–H groups in total. The molecule has 0 amide bonds. The van der Waals surface area contributed by atoms with Crippen molar-refractivity contribution in [1.29, 1.82) is 0 Å². The smallest absolute Gasteiger partial charge is 0.190 e. The fourth-order valence-corrected chi connectivity index (χ4v) is 1.62. The van der Waals surface area contributed by atoms with Crippen LogP contribution in [0, 0.1) is 12.3 Å². The minimum Gasteiger partial charge on any atom is -0.370 e. The van der Waals surface area contributed by atoms with Gasteiger partial charge in [-0.1, -0.05) is 18.8 Å². The number of nitrogens with zero attached hydrogens (tertiary/aromatic N) is 1. The highest BCUT2D eigenvalue weighted by Gasteiger charge is 2.17. The SMILES string of the molecule is C#CC(C)(C)NC(N)=NC1CCCC1. The number of aliphatic imine (C=N–C) groups is 1. The maximum absolute atomic E-state index is 5.76. The Morgan fingerprint density at radius 1 is 1.50 bits per heavy atom. The molecule has 14 heavy (non-hydrogen) atoms. The monoisotopic (exact) mass is 193 g/mol. The summed E-state index contributed by atoms with van der Waals surface area (Å²) in [5.74, 6) is 3.10. The van der Waals surface area contributed by atoms with E-state index in [2.05, 4.69) is 16.2 Å². The number of rotatable bonds is 2. The zero-order chi connectivity index (χ0) is 10.6. The Labute approximate surface area is 86.2 Å². The molecule has 0 unspecified atom stereocenters. The molecule has 1 aliphatic rings. The molecule has 1 aliphatic carbocycles. The number of nitrogens with two attached hydrogens (primary N) is 1. The van der Waals surface area contributed by atoms with Crippen molar-refractivity contribution in [3.05, 3.63) is 0 Å². The molecule has 1 saturated carbocycles. The first-order chi connectivity index (χ1) is 6.53. The highest BCUT2D eigenvalue weighted by Crippen LogP contribution is 2.20. The first kappa shape index (κ1) is 10.9. The van der Waals surface area contributed by atoms with Crippen molar-refractivity contribution in [3.63, 3.8) is 0 Å². The predicted octanol–water partition coefficient (Wildman–Crippen LogP) is 1.25. The third-order valence-corrected chi connectivity index (χ3v) is 2.45. The Kier molecular flexibility index (Phi) is 3.40. The Bertz CT molecular complexity index is 254. The van der Waals surface area contributed by atoms with Gasteiger partial charge in [0, 0.05) is 0 Å². The highest BCUT2D eigenvalue weighted by atomic mass is 15.1. The highest BCUT2D eigenvalue weighted by molar-refractivity contribution is 5.79. The number of guanidine groups is 1. The molecule has 1 fully saturated rings. The molecule has 0 aliphatic heterocycles. The van der Waals surface area contributed by atoms with Gasteiger partial charge in [0.1, 0.15) is 0 Å². The normalized spacial score (nSPS) is 19.4. The summed E-state index contributed by atoms with van der Waals surface area (Å²) in [6.07, 6.45) is 10.2. The quantitative estimate of drug-likeness (QED) is 0.394. The molecule has 0 heterocycles. The topological polar surface area (TPSA) is 50.4 Å². The lowest BCUT2D eigenvalue weighted by molar-refractivity contribution is 0.587. The van der Waals surface area contributed by atoms with Crippen LogP contribution in [0.5, 0.6) is 0 Å². The van der Waals surface area contributed by atoms with E-state index < -0.39 is 5.54 Å². The zero-order valence-corrected chi connectivity index (χ0v) is 9.01. The van der Waals surface area contributed by atoms with E-state index in [1.807, 2.05) is 13.8 Å². The first-order valence-corrected chi connectivity index (χ1v) is 5.13. The van der Waals surface area contributed by atoms with Crippen molar-refractivity contribution in [2.24, 2.45) is 10.7 Å². The van der Waals surface area contributed by atoms with Crippen LogP contribution >= 0.6 is 0 Å². The molecule has 3 nitrogen and oxygen atoms in total. The van der Waals surface area contributed by atoms with E-state index in [0.29, 0.717) is 12.0 Å². The summed E-state index contributed by atoms with van der Waals surface area (Å²) < 4.78 is 0. The third kappa shape index (κ3) is 3.29. The fourth-order valence-electron chi connectivity index (χ4n) is 1.62. The summed E-state index contributed by atoms with van der Waals surface area (Å²) >= 11 is 0. The first-order valence-electron chi connectivity index (χ1n) is 5.13. The summed E-state index contributed by atoms with van der Waals surface area (Å²) in [6, 6.07) is 0.399. The maximum atomic E-state index is 5.76. The van der Waals surface area contributed by atoms with Gasteiger partial charge in [0.05, 0.1) is 11.6 Å². The van der Waals surface area contributed by atoms with Gasteiger partial charge in [-0.2, -0.15) is 0 Å². The Hall–Kier alpha value is -1.17. The lowest BCUT2D eigenvalue weighted by Gasteiger charge is -2.20. The van der Waals surface area contributed by atoms with Gasteiger partial charge in [-0.25, -0.2) is 0 Å². The molecule has 3 heteroatoms. The van der Waals surface area contributed by atoms with Crippen LogP contribution in [-0.4, -0.2) is 17.5 Å². The van der Waals surface area contributed by atoms with Gasteiger partial charge >= 0.3 is 0 Å². The zero-order valence-electron chi connectivity index (χ0n) is 9.01. The van der Waals surface area contributed by atoms with E-state index >= 15 is 0 Å². The Morgan fingerprint density at radius 2 is 2.07 bits per heavy atom. The molecule has 0 bridgehead atoms. The molecule has 0 saturated heterocycles. The van der Waals surface area contributed by atoms with Crippen LogP contribution < -0.4 is 11.1 Å². The molecule has 0 spiro atoms. The standard InChI is InChI=1S/C11H19N3/c1-4-11(2,3)14-10(12)13-9-7-5-6-8-9/h1,9H,5-8H2,2-3H3,(H3,12,13,14). The molecule has 0 aromatic carbocycles. The van der Waals surface area contributed by atoms with Crippen LogP contribution in [0.15, 0.2) is 4.99 Å². The largest absolute Gasteiger partial charge is 0.370 e. The van der Waals surface area contributed by atoms with Gasteiger partial charge in [0.2, 0.25) is 0 Å². The van der Waals surface area contributed by atoms with Crippen LogP contribution in [0.2, 0.25) is 0 Å². The molecule has 0 radical (unpaired) electrons. The second-order valence-electron chi connectivity index (χ2n) is 4.35. The van der Waals surface area contributed by atoms with Crippen molar-refractivity contribution in [2.75, 3.05) is 0 Å². The van der Waals surface area contributed by atoms with E-state index in [1.165, 1.54) is 12.8 Å². The number of hydrogen-bond acceptors (Lipinski definition) is 1. The van der Waals surface area contributed by atoms with Gasteiger partial charge in [-0.15, -0.1) is 6.42 Å². The average Bonchev–Trinajstić information content (AvgIpc) is 2.55. The second-order valence-corrected chi connectivity index (χ2v) is 4.35. The Morgan fingerprint density at radius 3 is 2.57 bits per heavy atom. The summed E-state index contributed by atoms with van der Waals surface area (Å²) in [7, 11) is 0. The molecular formula is C11H19N3. The van der Waals surface area contributed by atoms with E-state index in [1.54, 1.807) is 0 Å². The molecule has 0 atom stereocenters. The molecule has 1 rings (SSSR count). The lowest BCUT2D eigenvalue weighted by Crippen LogP contribution is -2.46. The van der Waals surface area contributed by atoms with Crippen LogP contribution in [0.1, 0.15) is 39.5 Å². The van der Waals surface area contributed by atoms with E-state index in [0.717, 1.165) is 12.8 Å². The number of hydrogen-bond donors (Lipinski definition) is 2. The van der Waals surface area contributed by atoms with Gasteiger partial charge < -0.3 is 11.1 Å². The summed E-state index contributed by atoms with van der Waals surface area (Å²) in [6.45, 7) is 3.81. The third-order valence-electron chi connectivity index (χ3n) is 2.45. The van der Waals surface area contributed by atoms with Crippen molar-refractivity contribution in [1.82, 2.24) is 5.32 Å². The fraction of sp³-hybridized carbons (Fsp3) is 0.727. The number of nitrogens with one attached hydrogen (secondary N) is 1. The van der Waals surface area contributed by atoms with Crippen LogP contribution in [-0.2, 0) is 0 Å². The predicted molar refractivity (Wildman–Crippen MR) is 59.9 cm³/mol. The minimum absolute atomic E-state index is 0.399. The van der Waals surface area contributed by atoms with Gasteiger partial charge in [-0.05, 0) is 26.7 Å². The second kappa shape index (κ2) is 4.36. The van der Waals surface area contributed by atoms with Gasteiger partial charge in [0.15, 0.2) is 5.96 Å². The Balaban J connectivity index is 2.48. The average molecular weight is 193 g/mol. The van der Waals surface area contributed by atoms with Gasteiger partial charge in [0.25, 0.3) is 0 Å². The molecular weight excluding hydrogens is 174 g/mol. The van der Waals surface area contributed by atoms with E-state index in [-0.39, 0.29) is 0 Å². The lowest BCUT2D eigenvalue weighted by atomic mass is 10.1. The maximum Gasteiger partial charge on any atom is 0.190 e. The molecule has 0 aromatic heterocycles. The number of terminal acetylenes is 1. The molecule has 78 valence electrons. The van der Waals surface area contributed by atoms with Crippen LogP contribution in [0.4, 0.5) is 0 Å². The van der Waals surface area contributed by atoms with Crippen molar-refractivity contribution in [2.45, 2.75) is 51.1 Å². The van der Waals surface area contributed by atoms with E-state index in [9.17, 15) is 0 Å². The van der Waals surface area contributed by atoms with Gasteiger partial charge in [-0.3, -0.25) is 4.99 Å². The van der Waals surface area contributed by atoms with Crippen LogP contribution in [0.25, 0.3) is 0 Å². The van der Waals surface area contributed by atoms with Crippen molar-refractivity contribution in [3.8, 4) is 12.3 Å². The molecule has 0 aromatic rings. The summed E-state index contributed by atoms with van der Waals surface area (Å²) in [5, 5.41) is 3.02. The summed E-state index contributed by atoms with van der Waals surface area (Å²) in [5.41, 5.74) is 5.35. The summed E-state index contributed by atoms with van der Waals surface area (Å²) in [4.78, 5) is 4.40.